The van der Waals surface area contributed by atoms with Crippen molar-refractivity contribution in [2.24, 2.45) is 0 Å². The van der Waals surface area contributed by atoms with E-state index in [4.69, 9.17) is 9.84 Å². The molecule has 0 atom stereocenters. The van der Waals surface area contributed by atoms with Gasteiger partial charge in [0, 0.05) is 18.7 Å². The summed E-state index contributed by atoms with van der Waals surface area (Å²) in [4.78, 5) is 15.6. The van der Waals surface area contributed by atoms with Gasteiger partial charge in [-0.2, -0.15) is 0 Å². The number of hydrogen-bond acceptors (Lipinski definition) is 3. The highest BCUT2D eigenvalue weighted by Gasteiger charge is 2.11. The topological polar surface area (TPSA) is 63.8 Å². The van der Waals surface area contributed by atoms with Crippen LogP contribution in [0.5, 0.6) is 5.75 Å². The molecule has 0 unspecified atom stereocenters. The molecule has 0 aliphatic carbocycles. The second kappa shape index (κ2) is 6.58. The SMILES string of the molecule is COc1cccc(Cc2nc3cc(C)ccn3c2/C=C/C(=O)O)c1. The van der Waals surface area contributed by atoms with Gasteiger partial charge in [-0.15, -0.1) is 0 Å². The Hall–Kier alpha value is -3.08. The first-order chi connectivity index (χ1) is 11.6. The van der Waals surface area contributed by atoms with Gasteiger partial charge in [0.2, 0.25) is 0 Å². The molecule has 0 amide bonds. The third-order valence-electron chi connectivity index (χ3n) is 3.78. The minimum absolute atomic E-state index is 0.594. The van der Waals surface area contributed by atoms with E-state index in [0.717, 1.165) is 40.0 Å². The van der Waals surface area contributed by atoms with E-state index in [2.05, 4.69) is 4.98 Å². The molecule has 5 nitrogen and oxygen atoms in total. The second-order valence-corrected chi connectivity index (χ2v) is 5.58. The highest BCUT2D eigenvalue weighted by molar-refractivity contribution is 5.85. The number of rotatable bonds is 5. The maximum atomic E-state index is 10.9. The first kappa shape index (κ1) is 15.8. The van der Waals surface area contributed by atoms with E-state index in [1.54, 1.807) is 13.2 Å². The Bertz CT molecular complexity index is 926. The summed E-state index contributed by atoms with van der Waals surface area (Å²) in [5, 5.41) is 8.94. The lowest BCUT2D eigenvalue weighted by molar-refractivity contribution is -0.131. The number of aromatic nitrogens is 2. The highest BCUT2D eigenvalue weighted by Crippen LogP contribution is 2.21. The zero-order valence-electron chi connectivity index (χ0n) is 13.6. The minimum atomic E-state index is -0.982. The van der Waals surface area contributed by atoms with E-state index in [-0.39, 0.29) is 0 Å². The Labute approximate surface area is 139 Å². The van der Waals surface area contributed by atoms with E-state index >= 15 is 0 Å². The number of hydrogen-bond donors (Lipinski definition) is 1. The lowest BCUT2D eigenvalue weighted by atomic mass is 10.1. The normalized spacial score (nSPS) is 11.2. The van der Waals surface area contributed by atoms with Crippen LogP contribution in [-0.2, 0) is 11.2 Å². The Morgan fingerprint density at radius 3 is 2.92 bits per heavy atom. The summed E-state index contributed by atoms with van der Waals surface area (Å²) in [6.07, 6.45) is 5.23. The maximum absolute atomic E-state index is 10.9. The summed E-state index contributed by atoms with van der Waals surface area (Å²) >= 11 is 0. The average Bonchev–Trinajstić information content (AvgIpc) is 2.89. The molecule has 0 bridgehead atoms. The monoisotopic (exact) mass is 322 g/mol. The summed E-state index contributed by atoms with van der Waals surface area (Å²) in [6.45, 7) is 2.00. The van der Waals surface area contributed by atoms with Gasteiger partial charge in [0.1, 0.15) is 11.4 Å². The van der Waals surface area contributed by atoms with Crippen LogP contribution >= 0.6 is 0 Å². The number of aliphatic carboxylic acids is 1. The van der Waals surface area contributed by atoms with Crippen LogP contribution in [0.3, 0.4) is 0 Å². The van der Waals surface area contributed by atoms with E-state index in [0.29, 0.717) is 6.42 Å². The van der Waals surface area contributed by atoms with Crippen LogP contribution in [0.15, 0.2) is 48.7 Å². The molecule has 1 aromatic carbocycles. The van der Waals surface area contributed by atoms with Gasteiger partial charge in [-0.1, -0.05) is 12.1 Å². The quantitative estimate of drug-likeness (QED) is 0.732. The number of methoxy groups -OCH3 is 1. The summed E-state index contributed by atoms with van der Waals surface area (Å²) in [7, 11) is 1.63. The van der Waals surface area contributed by atoms with Crippen LogP contribution in [0.4, 0.5) is 0 Å². The van der Waals surface area contributed by atoms with Crippen LogP contribution in [-0.4, -0.2) is 27.6 Å². The number of carboxylic acids is 1. The van der Waals surface area contributed by atoms with Crippen LogP contribution < -0.4 is 4.74 Å². The fraction of sp³-hybridized carbons (Fsp3) is 0.158. The Morgan fingerprint density at radius 2 is 2.17 bits per heavy atom. The molecule has 0 saturated carbocycles. The molecule has 3 aromatic rings. The fourth-order valence-electron chi connectivity index (χ4n) is 2.65. The molecule has 1 N–H and O–H groups in total. The number of ether oxygens (including phenoxy) is 1. The number of pyridine rings is 1. The first-order valence-corrected chi connectivity index (χ1v) is 7.58. The molecule has 5 heteroatoms. The molecule has 3 rings (SSSR count). The molecule has 0 saturated heterocycles. The second-order valence-electron chi connectivity index (χ2n) is 5.58. The molecule has 2 heterocycles. The highest BCUT2D eigenvalue weighted by atomic mass is 16.5. The van der Waals surface area contributed by atoms with Crippen molar-refractivity contribution in [2.75, 3.05) is 7.11 Å². The lowest BCUT2D eigenvalue weighted by Crippen LogP contribution is -1.95. The number of carboxylic acid groups (broad SMARTS) is 1. The average molecular weight is 322 g/mol. The van der Waals surface area contributed by atoms with Crippen molar-refractivity contribution >= 4 is 17.7 Å². The lowest BCUT2D eigenvalue weighted by Gasteiger charge is -2.04. The van der Waals surface area contributed by atoms with Gasteiger partial charge >= 0.3 is 5.97 Å². The fourth-order valence-corrected chi connectivity index (χ4v) is 2.65. The molecular formula is C19H18N2O3. The maximum Gasteiger partial charge on any atom is 0.328 e. The molecular weight excluding hydrogens is 304 g/mol. The van der Waals surface area contributed by atoms with Crippen LogP contribution in [0.1, 0.15) is 22.5 Å². The van der Waals surface area contributed by atoms with E-state index < -0.39 is 5.97 Å². The van der Waals surface area contributed by atoms with Crippen LogP contribution in [0.25, 0.3) is 11.7 Å². The third-order valence-corrected chi connectivity index (χ3v) is 3.78. The number of aryl methyl sites for hydroxylation is 1. The number of benzene rings is 1. The molecule has 2 aromatic heterocycles. The van der Waals surface area contributed by atoms with Gasteiger partial charge in [0.05, 0.1) is 18.5 Å². The van der Waals surface area contributed by atoms with Crippen molar-refractivity contribution in [1.29, 1.82) is 0 Å². The van der Waals surface area contributed by atoms with Crippen molar-refractivity contribution in [3.63, 3.8) is 0 Å². The molecule has 0 aliphatic heterocycles. The predicted molar refractivity (Wildman–Crippen MR) is 92.4 cm³/mol. The molecule has 0 fully saturated rings. The first-order valence-electron chi connectivity index (χ1n) is 7.58. The predicted octanol–water partition coefficient (Wildman–Crippen LogP) is 3.34. The zero-order chi connectivity index (χ0) is 17.1. The van der Waals surface area contributed by atoms with Crippen molar-refractivity contribution < 1.29 is 14.6 Å². The van der Waals surface area contributed by atoms with E-state index in [1.807, 2.05) is 53.9 Å². The van der Waals surface area contributed by atoms with Gasteiger partial charge in [0.25, 0.3) is 0 Å². The van der Waals surface area contributed by atoms with Crippen molar-refractivity contribution in [3.05, 3.63) is 71.2 Å². The minimum Gasteiger partial charge on any atom is -0.497 e. The molecule has 0 spiro atoms. The van der Waals surface area contributed by atoms with Crippen molar-refractivity contribution in [2.45, 2.75) is 13.3 Å². The van der Waals surface area contributed by atoms with E-state index in [9.17, 15) is 4.79 Å². The molecule has 24 heavy (non-hydrogen) atoms. The van der Waals surface area contributed by atoms with Crippen molar-refractivity contribution in [1.82, 2.24) is 9.38 Å². The molecule has 0 radical (unpaired) electrons. The number of carbonyl (C=O) groups is 1. The van der Waals surface area contributed by atoms with E-state index in [1.165, 1.54) is 0 Å². The van der Waals surface area contributed by atoms with Gasteiger partial charge in [0.15, 0.2) is 0 Å². The Balaban J connectivity index is 2.07. The Kier molecular flexibility index (Phi) is 4.33. The van der Waals surface area contributed by atoms with Gasteiger partial charge in [-0.05, 0) is 48.4 Å². The summed E-state index contributed by atoms with van der Waals surface area (Å²) in [6, 6.07) is 11.7. The Morgan fingerprint density at radius 1 is 1.33 bits per heavy atom. The number of imidazole rings is 1. The van der Waals surface area contributed by atoms with Crippen LogP contribution in [0.2, 0.25) is 0 Å². The summed E-state index contributed by atoms with van der Waals surface area (Å²) < 4.78 is 7.16. The summed E-state index contributed by atoms with van der Waals surface area (Å²) in [5.74, 6) is -0.195. The standard InChI is InChI=1S/C19H18N2O3/c1-13-8-9-21-17(6-7-19(22)23)16(20-18(21)10-13)12-14-4-3-5-15(11-14)24-2/h3-11H,12H2,1-2H3,(H,22,23)/b7-6+. The smallest absolute Gasteiger partial charge is 0.328 e. The van der Waals surface area contributed by atoms with Gasteiger partial charge in [-0.3, -0.25) is 4.40 Å². The summed E-state index contributed by atoms with van der Waals surface area (Å²) in [5.41, 5.74) is 4.56. The van der Waals surface area contributed by atoms with Gasteiger partial charge < -0.3 is 9.84 Å². The number of fused-ring (bicyclic) bond motifs is 1. The largest absolute Gasteiger partial charge is 0.497 e. The number of nitrogens with zero attached hydrogens (tertiary/aromatic N) is 2. The third kappa shape index (κ3) is 3.30. The van der Waals surface area contributed by atoms with Crippen LogP contribution in [0, 0.1) is 6.92 Å². The zero-order valence-corrected chi connectivity index (χ0v) is 13.6. The van der Waals surface area contributed by atoms with Crippen molar-refractivity contribution in [3.8, 4) is 5.75 Å². The molecule has 122 valence electrons. The molecule has 0 aliphatic rings. The van der Waals surface area contributed by atoms with Gasteiger partial charge in [-0.25, -0.2) is 9.78 Å².